The van der Waals surface area contributed by atoms with Gasteiger partial charge in [0.05, 0.1) is 18.1 Å². The smallest absolute Gasteiger partial charge is 0.244 e. The molecular formula is C18H20N4O2. The van der Waals surface area contributed by atoms with E-state index in [-0.39, 0.29) is 17.7 Å². The summed E-state index contributed by atoms with van der Waals surface area (Å²) in [4.78, 5) is 0. The van der Waals surface area contributed by atoms with Gasteiger partial charge < -0.3 is 15.2 Å². The van der Waals surface area contributed by atoms with Crippen molar-refractivity contribution in [3.63, 3.8) is 0 Å². The van der Waals surface area contributed by atoms with E-state index in [1.54, 1.807) is 0 Å². The number of nitrogens with one attached hydrogen (secondary N) is 1. The van der Waals surface area contributed by atoms with Crippen LogP contribution >= 0.6 is 0 Å². The molecule has 0 saturated heterocycles. The van der Waals surface area contributed by atoms with E-state index in [4.69, 9.17) is 15.2 Å². The monoisotopic (exact) mass is 324 g/mol. The predicted molar refractivity (Wildman–Crippen MR) is 89.6 cm³/mol. The lowest BCUT2D eigenvalue weighted by Gasteiger charge is -2.25. The molecule has 0 radical (unpaired) electrons. The maximum atomic E-state index is 9.63. The second-order valence-corrected chi connectivity index (χ2v) is 5.94. The third-order valence-corrected chi connectivity index (χ3v) is 4.05. The standard InChI is InChI=1S/C18H20N4O2/c1-4-23-12-7-5-6-11(8-12)14-13(9-19)17(20)24-18-15(14)16(10(2)3)21-22-18/h5-8,10,14H,4,20H2,1-3H3,(H,21,22)/t14-/m1/s1. The van der Waals surface area contributed by atoms with Crippen molar-refractivity contribution in [3.8, 4) is 17.7 Å². The maximum absolute atomic E-state index is 9.63. The van der Waals surface area contributed by atoms with Crippen molar-refractivity contribution >= 4 is 0 Å². The normalized spacial score (nSPS) is 16.5. The summed E-state index contributed by atoms with van der Waals surface area (Å²) in [6.45, 7) is 6.64. The van der Waals surface area contributed by atoms with Gasteiger partial charge in [0.25, 0.3) is 0 Å². The minimum Gasteiger partial charge on any atom is -0.494 e. The van der Waals surface area contributed by atoms with Gasteiger partial charge in [0.15, 0.2) is 0 Å². The summed E-state index contributed by atoms with van der Waals surface area (Å²) in [6.07, 6.45) is 0. The fraction of sp³-hybridized carbons (Fsp3) is 0.333. The summed E-state index contributed by atoms with van der Waals surface area (Å²) < 4.78 is 11.2. The van der Waals surface area contributed by atoms with E-state index in [1.165, 1.54) is 0 Å². The van der Waals surface area contributed by atoms with Crippen LogP contribution in [0.5, 0.6) is 11.6 Å². The lowest BCUT2D eigenvalue weighted by atomic mass is 9.82. The van der Waals surface area contributed by atoms with Crippen LogP contribution < -0.4 is 15.2 Å². The number of aromatic amines is 1. The molecule has 0 amide bonds. The molecule has 6 nitrogen and oxygen atoms in total. The summed E-state index contributed by atoms with van der Waals surface area (Å²) in [6, 6.07) is 9.90. The first-order valence-corrected chi connectivity index (χ1v) is 7.95. The summed E-state index contributed by atoms with van der Waals surface area (Å²) in [5.41, 5.74) is 9.08. The Labute approximate surface area is 140 Å². The number of hydrogen-bond donors (Lipinski definition) is 2. The zero-order valence-electron chi connectivity index (χ0n) is 14.0. The van der Waals surface area contributed by atoms with Gasteiger partial charge in [-0.2, -0.15) is 5.26 Å². The number of allylic oxidation sites excluding steroid dienone is 1. The molecule has 0 aliphatic carbocycles. The topological polar surface area (TPSA) is 96.9 Å². The number of H-pyrrole nitrogens is 1. The molecule has 2 aromatic rings. The average molecular weight is 324 g/mol. The minimum absolute atomic E-state index is 0.0959. The van der Waals surface area contributed by atoms with Gasteiger partial charge in [-0.15, -0.1) is 5.10 Å². The molecule has 0 fully saturated rings. The fourth-order valence-electron chi connectivity index (χ4n) is 2.99. The van der Waals surface area contributed by atoms with E-state index in [0.29, 0.717) is 18.1 Å². The lowest BCUT2D eigenvalue weighted by molar-refractivity contribution is 0.339. The first-order valence-electron chi connectivity index (χ1n) is 7.95. The number of nitrogens with two attached hydrogens (primary N) is 1. The summed E-state index contributed by atoms with van der Waals surface area (Å²) in [5, 5.41) is 16.9. The SMILES string of the molecule is CCOc1cccc([C@@H]2C(C#N)=C(N)Oc3n[nH]c(C(C)C)c32)c1. The van der Waals surface area contributed by atoms with E-state index in [9.17, 15) is 5.26 Å². The molecule has 3 N–H and O–H groups in total. The van der Waals surface area contributed by atoms with Crippen molar-refractivity contribution in [1.82, 2.24) is 10.2 Å². The van der Waals surface area contributed by atoms with Crippen LogP contribution in [0.3, 0.4) is 0 Å². The Morgan fingerprint density at radius 1 is 1.46 bits per heavy atom. The molecule has 1 aliphatic rings. The van der Waals surface area contributed by atoms with Gasteiger partial charge in [-0.25, -0.2) is 0 Å². The highest BCUT2D eigenvalue weighted by Crippen LogP contribution is 2.44. The zero-order chi connectivity index (χ0) is 17.3. The number of aromatic nitrogens is 2. The number of nitrogens with zero attached hydrogens (tertiary/aromatic N) is 2. The van der Waals surface area contributed by atoms with Crippen LogP contribution in [0.15, 0.2) is 35.7 Å². The Kier molecular flexibility index (Phi) is 4.17. The molecule has 0 bridgehead atoms. The van der Waals surface area contributed by atoms with Crippen LogP contribution in [-0.4, -0.2) is 16.8 Å². The highest BCUT2D eigenvalue weighted by Gasteiger charge is 2.35. The van der Waals surface area contributed by atoms with Crippen molar-refractivity contribution in [1.29, 1.82) is 5.26 Å². The second kappa shape index (κ2) is 6.28. The second-order valence-electron chi connectivity index (χ2n) is 5.94. The zero-order valence-corrected chi connectivity index (χ0v) is 14.0. The lowest BCUT2D eigenvalue weighted by Crippen LogP contribution is -2.21. The fourth-order valence-corrected chi connectivity index (χ4v) is 2.99. The summed E-state index contributed by atoms with van der Waals surface area (Å²) >= 11 is 0. The Balaban J connectivity index is 2.19. The number of hydrogen-bond acceptors (Lipinski definition) is 5. The Morgan fingerprint density at radius 3 is 2.92 bits per heavy atom. The quantitative estimate of drug-likeness (QED) is 0.900. The molecule has 2 heterocycles. The molecule has 1 aliphatic heterocycles. The molecule has 3 rings (SSSR count). The van der Waals surface area contributed by atoms with Crippen LogP contribution in [0, 0.1) is 11.3 Å². The number of benzene rings is 1. The van der Waals surface area contributed by atoms with Gasteiger partial charge in [-0.1, -0.05) is 26.0 Å². The number of ether oxygens (including phenoxy) is 2. The van der Waals surface area contributed by atoms with Crippen molar-refractivity contribution in [3.05, 3.63) is 52.5 Å². The van der Waals surface area contributed by atoms with E-state index in [0.717, 1.165) is 22.6 Å². The highest BCUT2D eigenvalue weighted by atomic mass is 16.5. The van der Waals surface area contributed by atoms with Gasteiger partial charge in [-0.3, -0.25) is 5.10 Å². The first-order chi connectivity index (χ1) is 11.6. The van der Waals surface area contributed by atoms with Crippen molar-refractivity contribution in [2.24, 2.45) is 5.73 Å². The Hall–Kier alpha value is -2.94. The summed E-state index contributed by atoms with van der Waals surface area (Å²) in [7, 11) is 0. The molecular weight excluding hydrogens is 304 g/mol. The molecule has 0 saturated carbocycles. The van der Waals surface area contributed by atoms with Gasteiger partial charge in [-0.05, 0) is 30.5 Å². The third-order valence-electron chi connectivity index (χ3n) is 4.05. The predicted octanol–water partition coefficient (Wildman–Crippen LogP) is 3.15. The molecule has 0 spiro atoms. The summed E-state index contributed by atoms with van der Waals surface area (Å²) in [5.74, 6) is 1.17. The van der Waals surface area contributed by atoms with Crippen molar-refractivity contribution < 1.29 is 9.47 Å². The van der Waals surface area contributed by atoms with Crippen LogP contribution in [0.1, 0.15) is 49.4 Å². The van der Waals surface area contributed by atoms with Crippen LogP contribution in [0.4, 0.5) is 0 Å². The van der Waals surface area contributed by atoms with E-state index in [1.807, 2.05) is 31.2 Å². The number of fused-ring (bicyclic) bond motifs is 1. The van der Waals surface area contributed by atoms with Crippen molar-refractivity contribution in [2.75, 3.05) is 6.61 Å². The van der Waals surface area contributed by atoms with Crippen LogP contribution in [0.2, 0.25) is 0 Å². The molecule has 0 unspecified atom stereocenters. The average Bonchev–Trinajstić information content (AvgIpc) is 2.97. The maximum Gasteiger partial charge on any atom is 0.244 e. The van der Waals surface area contributed by atoms with E-state index in [2.05, 4.69) is 30.1 Å². The van der Waals surface area contributed by atoms with E-state index < -0.39 is 0 Å². The Bertz CT molecular complexity index is 830. The minimum atomic E-state index is -0.324. The number of rotatable bonds is 4. The molecule has 24 heavy (non-hydrogen) atoms. The molecule has 1 aromatic carbocycles. The highest BCUT2D eigenvalue weighted by molar-refractivity contribution is 5.56. The molecule has 6 heteroatoms. The largest absolute Gasteiger partial charge is 0.494 e. The Morgan fingerprint density at radius 2 is 2.25 bits per heavy atom. The van der Waals surface area contributed by atoms with Gasteiger partial charge in [0.1, 0.15) is 17.4 Å². The van der Waals surface area contributed by atoms with Gasteiger partial charge in [0.2, 0.25) is 11.8 Å². The van der Waals surface area contributed by atoms with Crippen LogP contribution in [-0.2, 0) is 0 Å². The number of nitriles is 1. The van der Waals surface area contributed by atoms with Crippen LogP contribution in [0.25, 0.3) is 0 Å². The van der Waals surface area contributed by atoms with E-state index >= 15 is 0 Å². The molecule has 1 aromatic heterocycles. The van der Waals surface area contributed by atoms with Gasteiger partial charge in [0, 0.05) is 5.69 Å². The first kappa shape index (κ1) is 15.9. The third kappa shape index (κ3) is 2.58. The van der Waals surface area contributed by atoms with Crippen molar-refractivity contribution in [2.45, 2.75) is 32.6 Å². The van der Waals surface area contributed by atoms with Gasteiger partial charge >= 0.3 is 0 Å². The molecule has 1 atom stereocenters. The molecule has 124 valence electrons.